The molecule has 31 heavy (non-hydrogen) atoms. The summed E-state index contributed by atoms with van der Waals surface area (Å²) < 4.78 is 46.0. The fourth-order valence-electron chi connectivity index (χ4n) is 2.76. The van der Waals surface area contributed by atoms with Crippen LogP contribution in [0.25, 0.3) is 11.3 Å². The Morgan fingerprint density at radius 2 is 1.94 bits per heavy atom. The normalized spacial score (nSPS) is 11.7. The molecule has 0 radical (unpaired) electrons. The summed E-state index contributed by atoms with van der Waals surface area (Å²) in [4.78, 5) is 20.4. The summed E-state index contributed by atoms with van der Waals surface area (Å²) in [5, 5.41) is -0.640. The van der Waals surface area contributed by atoms with Crippen LogP contribution in [0.4, 0.5) is 4.39 Å². The Morgan fingerprint density at radius 3 is 2.55 bits per heavy atom. The van der Waals surface area contributed by atoms with Crippen LogP contribution in [0, 0.1) is 12.7 Å². The molecule has 1 aromatic carbocycles. The van der Waals surface area contributed by atoms with Gasteiger partial charge in [-0.2, -0.15) is 9.97 Å². The van der Waals surface area contributed by atoms with Crippen molar-refractivity contribution in [2.24, 2.45) is 7.05 Å². The van der Waals surface area contributed by atoms with Crippen LogP contribution in [0.3, 0.4) is 0 Å². The summed E-state index contributed by atoms with van der Waals surface area (Å²) in [5.41, 5.74) is 1.04. The van der Waals surface area contributed by atoms with Crippen molar-refractivity contribution < 1.29 is 17.5 Å². The van der Waals surface area contributed by atoms with E-state index < -0.39 is 20.9 Å². The zero-order valence-corrected chi connectivity index (χ0v) is 19.0. The highest BCUT2D eigenvalue weighted by Gasteiger charge is 2.21. The molecule has 0 aliphatic carbocycles. The van der Waals surface area contributed by atoms with E-state index in [1.54, 1.807) is 32.9 Å². The number of halogens is 2. The van der Waals surface area contributed by atoms with E-state index in [1.165, 1.54) is 36.0 Å². The lowest BCUT2D eigenvalue weighted by Crippen LogP contribution is -2.18. The minimum Gasteiger partial charge on any atom is -0.421 e. The first-order valence-corrected chi connectivity index (χ1v) is 11.5. The van der Waals surface area contributed by atoms with E-state index in [0.717, 1.165) is 0 Å². The third-order valence-electron chi connectivity index (χ3n) is 4.62. The molecule has 3 aromatic rings. The topological polar surface area (TPSA) is 91.1 Å². The fraction of sp³-hybridized carbons (Fsp3) is 0.286. The number of para-hydroxylation sites is 1. The number of nitrogens with zero attached hydrogens (tertiary/aromatic N) is 3. The zero-order chi connectivity index (χ0) is 22.9. The van der Waals surface area contributed by atoms with Crippen molar-refractivity contribution in [2.75, 3.05) is 0 Å². The lowest BCUT2D eigenvalue weighted by Gasteiger charge is -2.13. The molecule has 0 N–H and O–H groups in total. The Bertz CT molecular complexity index is 1260. The van der Waals surface area contributed by atoms with Gasteiger partial charge in [0, 0.05) is 18.8 Å². The fourth-order valence-corrected chi connectivity index (χ4v) is 3.91. The van der Waals surface area contributed by atoms with E-state index in [0.29, 0.717) is 11.1 Å². The summed E-state index contributed by atoms with van der Waals surface area (Å²) in [6, 6.07) is 7.14. The summed E-state index contributed by atoms with van der Waals surface area (Å²) in [5.74, 6) is -1.02. The zero-order valence-electron chi connectivity index (χ0n) is 17.4. The molecule has 0 fully saturated rings. The monoisotopic (exact) mass is 465 g/mol. The second-order valence-corrected chi connectivity index (χ2v) is 10.3. The number of ether oxygens (including phenoxy) is 1. The Labute approximate surface area is 184 Å². The lowest BCUT2D eigenvalue weighted by atomic mass is 10.2. The molecule has 2 aromatic heterocycles. The molecule has 0 amide bonds. The maximum Gasteiger partial charge on any atom is 0.322 e. The van der Waals surface area contributed by atoms with E-state index >= 15 is 0 Å². The van der Waals surface area contributed by atoms with Crippen molar-refractivity contribution in [3.8, 4) is 23.0 Å². The van der Waals surface area contributed by atoms with Gasteiger partial charge in [0.1, 0.15) is 5.02 Å². The highest BCUT2D eigenvalue weighted by molar-refractivity contribution is 7.91. The third-order valence-corrected chi connectivity index (χ3v) is 7.02. The van der Waals surface area contributed by atoms with Gasteiger partial charge in [0.15, 0.2) is 21.4 Å². The molecule has 0 saturated carbocycles. The minimum absolute atomic E-state index is 0.0256. The van der Waals surface area contributed by atoms with E-state index in [2.05, 4.69) is 9.97 Å². The number of pyridine rings is 1. The SMILES string of the molecule is Cc1cccc(F)c1Oc1nc(CS(=O)(=O)C(C)C)cc(-c2cc(Cl)c(=O)n(C)c2)n1. The van der Waals surface area contributed by atoms with Crippen LogP contribution >= 0.6 is 11.6 Å². The van der Waals surface area contributed by atoms with Crippen LogP contribution < -0.4 is 10.3 Å². The van der Waals surface area contributed by atoms with Crippen molar-refractivity contribution in [3.63, 3.8) is 0 Å². The van der Waals surface area contributed by atoms with Crippen LogP contribution in [-0.4, -0.2) is 28.2 Å². The standard InChI is InChI=1S/C21H21ClFN3O4S/c1-12(2)31(28,29)11-15-9-18(14-8-16(22)20(27)26(4)10-14)25-21(24-15)30-19-13(3)6-5-7-17(19)23/h5-10,12H,11H2,1-4H3. The summed E-state index contributed by atoms with van der Waals surface area (Å²) in [6.45, 7) is 4.81. The van der Waals surface area contributed by atoms with Gasteiger partial charge in [0.05, 0.1) is 22.4 Å². The Balaban J connectivity index is 2.16. The van der Waals surface area contributed by atoms with Crippen LogP contribution in [-0.2, 0) is 22.6 Å². The molecule has 0 atom stereocenters. The van der Waals surface area contributed by atoms with Crippen LogP contribution in [0.2, 0.25) is 5.02 Å². The molecular formula is C21H21ClFN3O4S. The number of sulfone groups is 1. The first-order valence-electron chi connectivity index (χ1n) is 9.37. The van der Waals surface area contributed by atoms with E-state index in [9.17, 15) is 17.6 Å². The smallest absolute Gasteiger partial charge is 0.322 e. The largest absolute Gasteiger partial charge is 0.421 e. The average Bonchev–Trinajstić information content (AvgIpc) is 2.68. The first kappa shape index (κ1) is 22.9. The van der Waals surface area contributed by atoms with Crippen molar-refractivity contribution in [2.45, 2.75) is 31.8 Å². The van der Waals surface area contributed by atoms with Crippen LogP contribution in [0.1, 0.15) is 25.1 Å². The van der Waals surface area contributed by atoms with Crippen LogP contribution in [0.15, 0.2) is 41.3 Å². The lowest BCUT2D eigenvalue weighted by molar-refractivity contribution is 0.407. The molecule has 7 nitrogen and oxygen atoms in total. The Kier molecular flexibility index (Phi) is 6.47. The number of hydrogen-bond acceptors (Lipinski definition) is 6. The second kappa shape index (κ2) is 8.76. The number of rotatable bonds is 6. The highest BCUT2D eigenvalue weighted by atomic mass is 35.5. The molecule has 0 spiro atoms. The van der Waals surface area contributed by atoms with E-state index in [1.807, 2.05) is 0 Å². The van der Waals surface area contributed by atoms with Gasteiger partial charge < -0.3 is 9.30 Å². The Hall–Kier alpha value is -2.78. The number of aryl methyl sites for hydroxylation is 2. The van der Waals surface area contributed by atoms with Gasteiger partial charge in [-0.3, -0.25) is 4.79 Å². The summed E-state index contributed by atoms with van der Waals surface area (Å²) >= 11 is 6.01. The predicted octanol–water partition coefficient (Wildman–Crippen LogP) is 4.06. The van der Waals surface area contributed by atoms with Gasteiger partial charge in [-0.15, -0.1) is 0 Å². The molecule has 0 unspecified atom stereocenters. The molecule has 3 rings (SSSR count). The highest BCUT2D eigenvalue weighted by Crippen LogP contribution is 2.29. The van der Waals surface area contributed by atoms with Gasteiger partial charge in [-0.25, -0.2) is 12.8 Å². The third kappa shape index (κ3) is 5.11. The maximum atomic E-state index is 14.3. The molecule has 0 saturated heterocycles. The van der Waals surface area contributed by atoms with Crippen LogP contribution in [0.5, 0.6) is 11.8 Å². The molecule has 0 bridgehead atoms. The summed E-state index contributed by atoms with van der Waals surface area (Å²) in [6.07, 6.45) is 1.51. The van der Waals surface area contributed by atoms with Crippen molar-refractivity contribution in [1.82, 2.24) is 14.5 Å². The number of aromatic nitrogens is 3. The first-order chi connectivity index (χ1) is 14.5. The van der Waals surface area contributed by atoms with Crippen molar-refractivity contribution in [3.05, 3.63) is 69.0 Å². The molecular weight excluding hydrogens is 445 g/mol. The quantitative estimate of drug-likeness (QED) is 0.545. The van der Waals surface area contributed by atoms with Gasteiger partial charge in [0.2, 0.25) is 0 Å². The van der Waals surface area contributed by atoms with Gasteiger partial charge >= 0.3 is 6.01 Å². The molecule has 164 valence electrons. The van der Waals surface area contributed by atoms with Gasteiger partial charge in [-0.05, 0) is 44.5 Å². The minimum atomic E-state index is -3.48. The summed E-state index contributed by atoms with van der Waals surface area (Å²) in [7, 11) is -1.95. The molecule has 0 aliphatic rings. The van der Waals surface area contributed by atoms with Gasteiger partial charge in [0.25, 0.3) is 5.56 Å². The van der Waals surface area contributed by atoms with Gasteiger partial charge in [-0.1, -0.05) is 23.7 Å². The second-order valence-electron chi connectivity index (χ2n) is 7.36. The molecule has 2 heterocycles. The van der Waals surface area contributed by atoms with Crippen molar-refractivity contribution in [1.29, 1.82) is 0 Å². The maximum absolute atomic E-state index is 14.3. The van der Waals surface area contributed by atoms with Crippen molar-refractivity contribution >= 4 is 21.4 Å². The number of benzene rings is 1. The predicted molar refractivity (Wildman–Crippen MR) is 117 cm³/mol. The Morgan fingerprint density at radius 1 is 1.23 bits per heavy atom. The van der Waals surface area contributed by atoms with E-state index in [-0.39, 0.29) is 39.5 Å². The van der Waals surface area contributed by atoms with E-state index in [4.69, 9.17) is 16.3 Å². The number of hydrogen-bond donors (Lipinski definition) is 0. The molecule has 0 aliphatic heterocycles. The molecule has 10 heteroatoms. The average molecular weight is 466 g/mol.